The Bertz CT molecular complexity index is 651. The minimum atomic E-state index is -4.37. The van der Waals surface area contributed by atoms with Crippen LogP contribution >= 0.6 is 0 Å². The summed E-state index contributed by atoms with van der Waals surface area (Å²) >= 11 is 0. The molecule has 0 fully saturated rings. The van der Waals surface area contributed by atoms with Crippen LogP contribution in [-0.2, 0) is 13.2 Å². The van der Waals surface area contributed by atoms with E-state index in [4.69, 9.17) is 5.11 Å². The van der Waals surface area contributed by atoms with Crippen LogP contribution in [0, 0.1) is 5.92 Å². The third kappa shape index (κ3) is 3.41. The first-order valence-corrected chi connectivity index (χ1v) is 7.11. The Morgan fingerprint density at radius 2 is 2.00 bits per heavy atom. The van der Waals surface area contributed by atoms with E-state index in [1.165, 1.54) is 6.07 Å². The van der Waals surface area contributed by atoms with Gasteiger partial charge in [0.25, 0.3) is 0 Å². The monoisotopic (exact) mass is 315 g/mol. The van der Waals surface area contributed by atoms with Crippen LogP contribution in [0.15, 0.2) is 18.2 Å². The molecule has 0 aliphatic carbocycles. The first kappa shape index (κ1) is 16.8. The molecule has 0 saturated carbocycles. The van der Waals surface area contributed by atoms with Crippen molar-refractivity contribution in [1.82, 2.24) is 14.9 Å². The standard InChI is InChI=1S/C15H20F3N3O/c1-9(8-22)7-19-10(2)14-20-12-6-11(15(16,17)18)4-5-13(12)21(14)3/h4-6,9-10,19,22H,7-8H2,1-3H3/t9-,10+/m1/s1. The second-order valence-electron chi connectivity index (χ2n) is 5.65. The molecule has 0 amide bonds. The van der Waals surface area contributed by atoms with Crippen molar-refractivity contribution in [3.63, 3.8) is 0 Å². The van der Waals surface area contributed by atoms with Gasteiger partial charge < -0.3 is 15.0 Å². The van der Waals surface area contributed by atoms with Crippen LogP contribution in [0.2, 0.25) is 0 Å². The highest BCUT2D eigenvalue weighted by Crippen LogP contribution is 2.31. The summed E-state index contributed by atoms with van der Waals surface area (Å²) in [7, 11) is 1.78. The maximum Gasteiger partial charge on any atom is 0.416 e. The fourth-order valence-electron chi connectivity index (χ4n) is 2.32. The minimum Gasteiger partial charge on any atom is -0.396 e. The zero-order chi connectivity index (χ0) is 16.5. The van der Waals surface area contributed by atoms with E-state index in [-0.39, 0.29) is 18.6 Å². The molecule has 0 spiro atoms. The molecule has 0 saturated heterocycles. The van der Waals surface area contributed by atoms with Gasteiger partial charge in [-0.1, -0.05) is 6.92 Å². The number of aromatic nitrogens is 2. The Morgan fingerprint density at radius 1 is 1.32 bits per heavy atom. The number of benzene rings is 1. The third-order valence-corrected chi connectivity index (χ3v) is 3.71. The van der Waals surface area contributed by atoms with Crippen LogP contribution in [0.5, 0.6) is 0 Å². The van der Waals surface area contributed by atoms with Crippen LogP contribution in [0.25, 0.3) is 11.0 Å². The fraction of sp³-hybridized carbons (Fsp3) is 0.533. The van der Waals surface area contributed by atoms with Crippen molar-refractivity contribution in [2.45, 2.75) is 26.1 Å². The second-order valence-corrected chi connectivity index (χ2v) is 5.65. The number of nitrogens with one attached hydrogen (secondary N) is 1. The van der Waals surface area contributed by atoms with E-state index in [1.54, 1.807) is 11.6 Å². The van der Waals surface area contributed by atoms with Gasteiger partial charge in [-0.15, -0.1) is 0 Å². The SMILES string of the molecule is C[C@@H](CO)CN[C@@H](C)c1nc2cc(C(F)(F)F)ccc2n1C. The number of aryl methyl sites for hydroxylation is 1. The smallest absolute Gasteiger partial charge is 0.396 e. The van der Waals surface area contributed by atoms with Gasteiger partial charge in [0.05, 0.1) is 22.6 Å². The zero-order valence-electron chi connectivity index (χ0n) is 12.8. The molecule has 2 rings (SSSR count). The summed E-state index contributed by atoms with van der Waals surface area (Å²) in [6.07, 6.45) is -4.37. The topological polar surface area (TPSA) is 50.1 Å². The molecule has 2 aromatic rings. The highest BCUT2D eigenvalue weighted by molar-refractivity contribution is 5.77. The Hall–Kier alpha value is -1.60. The van der Waals surface area contributed by atoms with Gasteiger partial charge in [0.15, 0.2) is 0 Å². The van der Waals surface area contributed by atoms with E-state index >= 15 is 0 Å². The summed E-state index contributed by atoms with van der Waals surface area (Å²) in [6.45, 7) is 4.49. The molecule has 2 atom stereocenters. The van der Waals surface area contributed by atoms with E-state index in [0.29, 0.717) is 23.4 Å². The quantitative estimate of drug-likeness (QED) is 0.892. The first-order chi connectivity index (χ1) is 10.2. The number of alkyl halides is 3. The number of halogens is 3. The Balaban J connectivity index is 2.29. The van der Waals surface area contributed by atoms with Crippen LogP contribution < -0.4 is 5.32 Å². The number of fused-ring (bicyclic) bond motifs is 1. The number of imidazole rings is 1. The predicted octanol–water partition coefficient (Wildman–Crippen LogP) is 2.87. The molecule has 2 N–H and O–H groups in total. The molecule has 22 heavy (non-hydrogen) atoms. The Morgan fingerprint density at radius 3 is 2.59 bits per heavy atom. The van der Waals surface area contributed by atoms with Gasteiger partial charge in [-0.05, 0) is 31.0 Å². The van der Waals surface area contributed by atoms with Crippen LogP contribution in [0.3, 0.4) is 0 Å². The van der Waals surface area contributed by atoms with Gasteiger partial charge in [0, 0.05) is 20.2 Å². The summed E-state index contributed by atoms with van der Waals surface area (Å²) in [5.41, 5.74) is 0.294. The van der Waals surface area contributed by atoms with E-state index in [2.05, 4.69) is 10.3 Å². The number of aliphatic hydroxyl groups excluding tert-OH is 1. The summed E-state index contributed by atoms with van der Waals surface area (Å²) in [5, 5.41) is 12.3. The van der Waals surface area contributed by atoms with E-state index < -0.39 is 11.7 Å². The van der Waals surface area contributed by atoms with Gasteiger partial charge in [0.1, 0.15) is 5.82 Å². The van der Waals surface area contributed by atoms with Gasteiger partial charge >= 0.3 is 6.18 Å². The van der Waals surface area contributed by atoms with Crippen molar-refractivity contribution >= 4 is 11.0 Å². The molecule has 122 valence electrons. The molecule has 0 unspecified atom stereocenters. The molecule has 0 aliphatic rings. The molecule has 0 bridgehead atoms. The summed E-state index contributed by atoms with van der Waals surface area (Å²) in [5.74, 6) is 0.772. The van der Waals surface area contributed by atoms with Crippen molar-refractivity contribution in [2.24, 2.45) is 13.0 Å². The average molecular weight is 315 g/mol. The van der Waals surface area contributed by atoms with Gasteiger partial charge in [-0.25, -0.2) is 4.98 Å². The lowest BCUT2D eigenvalue weighted by atomic mass is 10.2. The van der Waals surface area contributed by atoms with Crippen LogP contribution in [0.1, 0.15) is 31.3 Å². The molecular formula is C15H20F3N3O. The molecule has 4 nitrogen and oxygen atoms in total. The minimum absolute atomic E-state index is 0.0806. The number of nitrogens with zero attached hydrogens (tertiary/aromatic N) is 2. The molecule has 0 radical (unpaired) electrons. The molecular weight excluding hydrogens is 295 g/mol. The summed E-state index contributed by atoms with van der Waals surface area (Å²) in [4.78, 5) is 4.33. The molecule has 1 heterocycles. The maximum absolute atomic E-state index is 12.8. The van der Waals surface area contributed by atoms with Gasteiger partial charge in [-0.2, -0.15) is 13.2 Å². The highest BCUT2D eigenvalue weighted by Gasteiger charge is 2.31. The van der Waals surface area contributed by atoms with Gasteiger partial charge in [0.2, 0.25) is 0 Å². The Labute approximate surface area is 127 Å². The molecule has 0 aliphatic heterocycles. The normalized spacial score (nSPS) is 15.2. The van der Waals surface area contributed by atoms with Crippen molar-refractivity contribution in [3.8, 4) is 0 Å². The van der Waals surface area contributed by atoms with Crippen molar-refractivity contribution in [1.29, 1.82) is 0 Å². The highest BCUT2D eigenvalue weighted by atomic mass is 19.4. The largest absolute Gasteiger partial charge is 0.416 e. The number of hydrogen-bond acceptors (Lipinski definition) is 3. The maximum atomic E-state index is 12.8. The van der Waals surface area contributed by atoms with Crippen LogP contribution in [-0.4, -0.2) is 27.8 Å². The number of aliphatic hydroxyl groups is 1. The summed E-state index contributed by atoms with van der Waals surface area (Å²) in [6, 6.07) is 3.46. The molecule has 1 aromatic heterocycles. The second kappa shape index (κ2) is 6.26. The van der Waals surface area contributed by atoms with Crippen molar-refractivity contribution in [2.75, 3.05) is 13.2 Å². The average Bonchev–Trinajstić information content (AvgIpc) is 2.80. The number of rotatable bonds is 5. The van der Waals surface area contributed by atoms with Crippen molar-refractivity contribution < 1.29 is 18.3 Å². The van der Waals surface area contributed by atoms with Crippen molar-refractivity contribution in [3.05, 3.63) is 29.6 Å². The lowest BCUT2D eigenvalue weighted by Crippen LogP contribution is -2.27. The fourth-order valence-corrected chi connectivity index (χ4v) is 2.32. The van der Waals surface area contributed by atoms with E-state index in [1.807, 2.05) is 13.8 Å². The van der Waals surface area contributed by atoms with Crippen LogP contribution in [0.4, 0.5) is 13.2 Å². The zero-order valence-corrected chi connectivity index (χ0v) is 12.8. The lowest BCUT2D eigenvalue weighted by molar-refractivity contribution is -0.137. The number of hydrogen-bond donors (Lipinski definition) is 2. The van der Waals surface area contributed by atoms with E-state index in [9.17, 15) is 13.2 Å². The van der Waals surface area contributed by atoms with E-state index in [0.717, 1.165) is 12.1 Å². The first-order valence-electron chi connectivity index (χ1n) is 7.11. The summed E-state index contributed by atoms with van der Waals surface area (Å²) < 4.78 is 40.1. The molecule has 1 aromatic carbocycles. The van der Waals surface area contributed by atoms with Gasteiger partial charge in [-0.3, -0.25) is 0 Å². The lowest BCUT2D eigenvalue weighted by Gasteiger charge is -2.16. The predicted molar refractivity (Wildman–Crippen MR) is 78.4 cm³/mol. The third-order valence-electron chi connectivity index (χ3n) is 3.71. The Kier molecular flexibility index (Phi) is 4.77. The molecule has 7 heteroatoms.